The van der Waals surface area contributed by atoms with Crippen LogP contribution in [0.15, 0.2) is 54.6 Å². The van der Waals surface area contributed by atoms with Gasteiger partial charge in [-0.3, -0.25) is 9.59 Å². The molecule has 0 bridgehead atoms. The van der Waals surface area contributed by atoms with E-state index < -0.39 is 5.38 Å². The summed E-state index contributed by atoms with van der Waals surface area (Å²) < 4.78 is 0. The van der Waals surface area contributed by atoms with E-state index in [2.05, 4.69) is 4.98 Å². The summed E-state index contributed by atoms with van der Waals surface area (Å²) in [6.45, 7) is 1.33. The van der Waals surface area contributed by atoms with E-state index in [1.165, 1.54) is 6.92 Å². The molecule has 0 saturated carbocycles. The van der Waals surface area contributed by atoms with Crippen LogP contribution in [0.2, 0.25) is 0 Å². The van der Waals surface area contributed by atoms with E-state index in [-0.39, 0.29) is 11.6 Å². The predicted octanol–water partition coefficient (Wildman–Crippen LogP) is 4.21. The van der Waals surface area contributed by atoms with Crippen molar-refractivity contribution < 1.29 is 9.59 Å². The van der Waals surface area contributed by atoms with Crippen LogP contribution in [-0.2, 0) is 4.79 Å². The highest BCUT2D eigenvalue weighted by atomic mass is 35.5. The second-order valence-electron chi connectivity index (χ2n) is 5.12. The molecule has 0 aliphatic carbocycles. The van der Waals surface area contributed by atoms with E-state index in [1.807, 2.05) is 54.6 Å². The van der Waals surface area contributed by atoms with Gasteiger partial charge in [-0.05, 0) is 18.6 Å². The number of hydrogen-bond donors (Lipinski definition) is 1. The van der Waals surface area contributed by atoms with Crippen molar-refractivity contribution in [1.29, 1.82) is 0 Å². The smallest absolute Gasteiger partial charge is 0.190 e. The Kier molecular flexibility index (Phi) is 3.82. The van der Waals surface area contributed by atoms with Crippen molar-refractivity contribution >= 4 is 34.1 Å². The molecule has 1 atom stereocenters. The molecule has 0 fully saturated rings. The van der Waals surface area contributed by atoms with Crippen LogP contribution >= 0.6 is 11.6 Å². The number of hydrogen-bond acceptors (Lipinski definition) is 2. The number of Topliss-reactive ketones (excluding diaryl/α,β-unsaturated/α-hetero) is 2. The molecule has 2 aromatic carbocycles. The Morgan fingerprint density at radius 1 is 1.00 bits per heavy atom. The van der Waals surface area contributed by atoms with Gasteiger partial charge in [0.2, 0.25) is 0 Å². The number of ketones is 2. The third-order valence-electron chi connectivity index (χ3n) is 3.60. The van der Waals surface area contributed by atoms with Gasteiger partial charge in [0, 0.05) is 10.9 Å². The summed E-state index contributed by atoms with van der Waals surface area (Å²) in [4.78, 5) is 27.4. The molecule has 1 N–H and O–H groups in total. The lowest BCUT2D eigenvalue weighted by Crippen LogP contribution is -2.22. The van der Waals surface area contributed by atoms with Crippen LogP contribution < -0.4 is 0 Å². The molecule has 0 spiro atoms. The normalized spacial score (nSPS) is 12.3. The minimum atomic E-state index is -1.17. The molecule has 1 unspecified atom stereocenters. The Morgan fingerprint density at radius 3 is 2.32 bits per heavy atom. The fourth-order valence-electron chi connectivity index (χ4n) is 2.53. The largest absolute Gasteiger partial charge is 0.354 e. The average Bonchev–Trinajstić information content (AvgIpc) is 2.93. The van der Waals surface area contributed by atoms with Gasteiger partial charge in [0.25, 0.3) is 0 Å². The number of fused-ring (bicyclic) bond motifs is 1. The highest BCUT2D eigenvalue weighted by Gasteiger charge is 2.27. The monoisotopic (exact) mass is 311 g/mol. The molecule has 1 heterocycles. The molecule has 4 heteroatoms. The number of benzene rings is 2. The summed E-state index contributed by atoms with van der Waals surface area (Å²) in [7, 11) is 0. The highest BCUT2D eigenvalue weighted by Crippen LogP contribution is 2.32. The number of nitrogens with one attached hydrogen (secondary N) is 1. The van der Waals surface area contributed by atoms with E-state index in [1.54, 1.807) is 0 Å². The van der Waals surface area contributed by atoms with Crippen LogP contribution in [0, 0.1) is 0 Å². The number of halogens is 1. The minimum Gasteiger partial charge on any atom is -0.354 e. The first-order valence-corrected chi connectivity index (χ1v) is 7.38. The van der Waals surface area contributed by atoms with Crippen molar-refractivity contribution in [3.63, 3.8) is 0 Å². The summed E-state index contributed by atoms with van der Waals surface area (Å²) >= 11 is 6.00. The third-order valence-corrected chi connectivity index (χ3v) is 4.11. The zero-order chi connectivity index (χ0) is 15.7. The van der Waals surface area contributed by atoms with E-state index in [4.69, 9.17) is 11.6 Å². The van der Waals surface area contributed by atoms with Gasteiger partial charge >= 0.3 is 0 Å². The number of aromatic nitrogens is 1. The number of carbonyl (C=O) groups excluding carboxylic acids is 2. The molecular weight excluding hydrogens is 298 g/mol. The fraction of sp³-hybridized carbons (Fsp3) is 0.111. The summed E-state index contributed by atoms with van der Waals surface area (Å²) in [5, 5.41) is -0.389. The maximum Gasteiger partial charge on any atom is 0.190 e. The molecule has 0 amide bonds. The van der Waals surface area contributed by atoms with Crippen molar-refractivity contribution in [3.8, 4) is 11.3 Å². The lowest BCUT2D eigenvalue weighted by Gasteiger charge is -2.07. The number of carbonyl (C=O) groups is 2. The third kappa shape index (κ3) is 2.44. The molecule has 3 aromatic rings. The quantitative estimate of drug-likeness (QED) is 0.445. The molecule has 0 aliphatic rings. The second-order valence-corrected chi connectivity index (χ2v) is 5.56. The van der Waals surface area contributed by atoms with E-state index in [9.17, 15) is 9.59 Å². The Balaban J connectivity index is 2.26. The van der Waals surface area contributed by atoms with Gasteiger partial charge in [-0.15, -0.1) is 11.6 Å². The second kappa shape index (κ2) is 5.78. The fourth-order valence-corrected chi connectivity index (χ4v) is 2.64. The molecule has 0 radical (unpaired) electrons. The summed E-state index contributed by atoms with van der Waals surface area (Å²) in [6.07, 6.45) is 0. The Labute approximate surface area is 132 Å². The first-order valence-electron chi connectivity index (χ1n) is 6.94. The number of H-pyrrole nitrogens is 1. The Morgan fingerprint density at radius 2 is 1.64 bits per heavy atom. The number of para-hydroxylation sites is 1. The molecule has 22 heavy (non-hydrogen) atoms. The summed E-state index contributed by atoms with van der Waals surface area (Å²) in [5.74, 6) is -0.721. The maximum absolute atomic E-state index is 12.7. The summed E-state index contributed by atoms with van der Waals surface area (Å²) in [6, 6.07) is 17.1. The number of aromatic amines is 1. The van der Waals surface area contributed by atoms with Crippen LogP contribution in [0.4, 0.5) is 0 Å². The van der Waals surface area contributed by atoms with Crippen molar-refractivity contribution in [2.45, 2.75) is 12.3 Å². The van der Waals surface area contributed by atoms with Gasteiger partial charge in [0.1, 0.15) is 0 Å². The molecule has 1 aromatic heterocycles. The van der Waals surface area contributed by atoms with Crippen LogP contribution in [0.3, 0.4) is 0 Å². The molecular formula is C18H14ClNO2. The zero-order valence-corrected chi connectivity index (χ0v) is 12.7. The molecule has 0 saturated heterocycles. The molecule has 0 aliphatic heterocycles. The first kappa shape index (κ1) is 14.5. The van der Waals surface area contributed by atoms with E-state index in [0.717, 1.165) is 16.5 Å². The van der Waals surface area contributed by atoms with Gasteiger partial charge in [0.05, 0.1) is 11.3 Å². The van der Waals surface area contributed by atoms with Gasteiger partial charge in [-0.25, -0.2) is 0 Å². The van der Waals surface area contributed by atoms with Crippen LogP contribution in [0.25, 0.3) is 22.2 Å². The predicted molar refractivity (Wildman–Crippen MR) is 88.4 cm³/mol. The van der Waals surface area contributed by atoms with Crippen molar-refractivity contribution in [1.82, 2.24) is 4.98 Å². The highest BCUT2D eigenvalue weighted by molar-refractivity contribution is 6.45. The average molecular weight is 312 g/mol. The van der Waals surface area contributed by atoms with Crippen LogP contribution in [0.1, 0.15) is 17.3 Å². The van der Waals surface area contributed by atoms with E-state index in [0.29, 0.717) is 11.3 Å². The SMILES string of the molecule is CC(=O)C(Cl)C(=O)c1c(-c2ccccc2)[nH]c2ccccc12. The van der Waals surface area contributed by atoms with Crippen molar-refractivity contribution in [3.05, 3.63) is 60.2 Å². The van der Waals surface area contributed by atoms with Crippen molar-refractivity contribution in [2.24, 2.45) is 0 Å². The van der Waals surface area contributed by atoms with Crippen LogP contribution in [-0.4, -0.2) is 21.9 Å². The van der Waals surface area contributed by atoms with Gasteiger partial charge in [-0.2, -0.15) is 0 Å². The van der Waals surface area contributed by atoms with Crippen LogP contribution in [0.5, 0.6) is 0 Å². The number of rotatable bonds is 4. The molecule has 3 nitrogen and oxygen atoms in total. The van der Waals surface area contributed by atoms with E-state index >= 15 is 0 Å². The Bertz CT molecular complexity index is 852. The standard InChI is InChI=1S/C18H14ClNO2/c1-11(21)16(19)18(22)15-13-9-5-6-10-14(13)20-17(15)12-7-3-2-4-8-12/h2-10,16,20H,1H3. The topological polar surface area (TPSA) is 49.9 Å². The lowest BCUT2D eigenvalue weighted by molar-refractivity contribution is -0.115. The zero-order valence-electron chi connectivity index (χ0n) is 12.0. The van der Waals surface area contributed by atoms with Gasteiger partial charge in [0.15, 0.2) is 16.9 Å². The molecule has 110 valence electrons. The Hall–Kier alpha value is -2.39. The maximum atomic E-state index is 12.7. The number of alkyl halides is 1. The van der Waals surface area contributed by atoms with Gasteiger partial charge < -0.3 is 4.98 Å². The minimum absolute atomic E-state index is 0.351. The lowest BCUT2D eigenvalue weighted by atomic mass is 9.99. The first-order chi connectivity index (χ1) is 10.6. The van der Waals surface area contributed by atoms with Crippen molar-refractivity contribution in [2.75, 3.05) is 0 Å². The molecule has 3 rings (SSSR count). The summed E-state index contributed by atoms with van der Waals surface area (Å²) in [5.41, 5.74) is 2.89. The van der Waals surface area contributed by atoms with Gasteiger partial charge in [-0.1, -0.05) is 48.5 Å².